The van der Waals surface area contributed by atoms with Crippen LogP contribution in [0.1, 0.15) is 46.2 Å². The van der Waals surface area contributed by atoms with Crippen LogP contribution in [0.4, 0.5) is 5.69 Å². The molecule has 2 aromatic rings. The van der Waals surface area contributed by atoms with Crippen molar-refractivity contribution in [2.45, 2.75) is 19.8 Å². The Hall–Kier alpha value is -3.27. The molecule has 0 unspecified atom stereocenters. The molecule has 1 aromatic carbocycles. The van der Waals surface area contributed by atoms with Gasteiger partial charge in [0.2, 0.25) is 0 Å². The maximum Gasteiger partial charge on any atom is 0.357 e. The second-order valence-electron chi connectivity index (χ2n) is 5.31. The van der Waals surface area contributed by atoms with Gasteiger partial charge in [-0.1, -0.05) is 13.3 Å². The average Bonchev–Trinajstić information content (AvgIpc) is 2.97. The smallest absolute Gasteiger partial charge is 0.357 e. The van der Waals surface area contributed by atoms with Crippen LogP contribution in [0, 0.1) is 11.3 Å². The van der Waals surface area contributed by atoms with Gasteiger partial charge < -0.3 is 19.8 Å². The van der Waals surface area contributed by atoms with Gasteiger partial charge in [0.25, 0.3) is 0 Å². The number of nitrogens with two attached hydrogens (primary N) is 1. The zero-order chi connectivity index (χ0) is 18.4. The summed E-state index contributed by atoms with van der Waals surface area (Å²) in [7, 11) is 1.24. The number of unbranched alkanes of at least 4 members (excludes halogenated alkanes) is 1. The van der Waals surface area contributed by atoms with Crippen molar-refractivity contribution in [3.05, 3.63) is 47.3 Å². The Balaban J connectivity index is 2.33. The van der Waals surface area contributed by atoms with E-state index in [4.69, 9.17) is 20.5 Å². The highest BCUT2D eigenvalue weighted by Gasteiger charge is 2.21. The minimum absolute atomic E-state index is 0.0531. The fourth-order valence-corrected chi connectivity index (χ4v) is 2.27. The highest BCUT2D eigenvalue weighted by atomic mass is 16.5. The number of esters is 2. The first kappa shape index (κ1) is 18.1. The summed E-state index contributed by atoms with van der Waals surface area (Å²) in [5.74, 6) is -1.06. The quantitative estimate of drug-likeness (QED) is 0.639. The number of aromatic nitrogens is 1. The molecule has 0 atom stereocenters. The van der Waals surface area contributed by atoms with Gasteiger partial charge in [-0.2, -0.15) is 5.26 Å². The number of nitrogens with zero attached hydrogens (tertiary/aromatic N) is 2. The largest absolute Gasteiger partial charge is 0.464 e. The second kappa shape index (κ2) is 8.02. The van der Waals surface area contributed by atoms with E-state index in [0.29, 0.717) is 17.9 Å². The third-order valence-electron chi connectivity index (χ3n) is 3.66. The molecule has 0 aliphatic rings. The van der Waals surface area contributed by atoms with Crippen molar-refractivity contribution in [1.29, 1.82) is 5.26 Å². The number of nitrogen functional groups attached to an aromatic ring is 1. The normalized spacial score (nSPS) is 10.1. The van der Waals surface area contributed by atoms with E-state index >= 15 is 0 Å². The highest BCUT2D eigenvalue weighted by Crippen LogP contribution is 2.25. The number of hydrogen-bond donors (Lipinski definition) is 1. The Morgan fingerprint density at radius 3 is 2.48 bits per heavy atom. The van der Waals surface area contributed by atoms with Gasteiger partial charge in [-0.05, 0) is 30.7 Å². The molecule has 7 nitrogen and oxygen atoms in total. The van der Waals surface area contributed by atoms with E-state index in [-0.39, 0.29) is 16.9 Å². The molecular weight excluding hydrogens is 322 g/mol. The summed E-state index contributed by atoms with van der Waals surface area (Å²) >= 11 is 0. The third kappa shape index (κ3) is 3.80. The Labute approximate surface area is 145 Å². The van der Waals surface area contributed by atoms with Gasteiger partial charge in [-0.25, -0.2) is 9.59 Å². The molecule has 7 heteroatoms. The Morgan fingerprint density at radius 2 is 1.92 bits per heavy atom. The molecule has 0 spiro atoms. The summed E-state index contributed by atoms with van der Waals surface area (Å²) < 4.78 is 11.3. The van der Waals surface area contributed by atoms with Crippen molar-refractivity contribution in [3.63, 3.8) is 0 Å². The number of benzene rings is 1. The van der Waals surface area contributed by atoms with E-state index in [1.807, 2.05) is 13.0 Å². The van der Waals surface area contributed by atoms with E-state index < -0.39 is 11.9 Å². The SMILES string of the molecule is CCCCOC(=O)c1ccc(-n2cc(C#N)c(N)c2C(=O)OC)cc1. The van der Waals surface area contributed by atoms with Crippen molar-refractivity contribution >= 4 is 17.6 Å². The van der Waals surface area contributed by atoms with E-state index in [2.05, 4.69) is 0 Å². The van der Waals surface area contributed by atoms with Gasteiger partial charge in [0.05, 0.1) is 30.5 Å². The number of rotatable bonds is 6. The predicted octanol–water partition coefficient (Wildman–Crippen LogP) is 2.67. The molecule has 0 radical (unpaired) electrons. The van der Waals surface area contributed by atoms with E-state index in [0.717, 1.165) is 12.8 Å². The first-order valence-corrected chi connectivity index (χ1v) is 7.80. The predicted molar refractivity (Wildman–Crippen MR) is 91.4 cm³/mol. The molecule has 0 fully saturated rings. The molecule has 130 valence electrons. The number of methoxy groups -OCH3 is 1. The van der Waals surface area contributed by atoms with Gasteiger partial charge >= 0.3 is 11.9 Å². The lowest BCUT2D eigenvalue weighted by Gasteiger charge is -2.09. The zero-order valence-electron chi connectivity index (χ0n) is 14.1. The zero-order valence-corrected chi connectivity index (χ0v) is 14.1. The molecule has 0 aliphatic carbocycles. The van der Waals surface area contributed by atoms with Gasteiger partial charge in [0.1, 0.15) is 6.07 Å². The molecular formula is C18H19N3O4. The molecule has 0 amide bonds. The van der Waals surface area contributed by atoms with Crippen molar-refractivity contribution in [2.75, 3.05) is 19.5 Å². The fourth-order valence-electron chi connectivity index (χ4n) is 2.27. The number of nitriles is 1. The first-order chi connectivity index (χ1) is 12.0. The van der Waals surface area contributed by atoms with Crippen LogP contribution in [0.3, 0.4) is 0 Å². The third-order valence-corrected chi connectivity index (χ3v) is 3.66. The number of anilines is 1. The second-order valence-corrected chi connectivity index (χ2v) is 5.31. The molecule has 0 aliphatic heterocycles. The number of carbonyl (C=O) groups excluding carboxylic acids is 2. The van der Waals surface area contributed by atoms with Crippen LogP contribution in [-0.4, -0.2) is 30.2 Å². The number of ether oxygens (including phenoxy) is 2. The Kier molecular flexibility index (Phi) is 5.79. The van der Waals surface area contributed by atoms with Crippen LogP contribution < -0.4 is 5.73 Å². The highest BCUT2D eigenvalue weighted by molar-refractivity contribution is 5.96. The van der Waals surface area contributed by atoms with Crippen LogP contribution in [0.25, 0.3) is 5.69 Å². The maximum absolute atomic E-state index is 12.0. The fraction of sp³-hybridized carbons (Fsp3) is 0.278. The van der Waals surface area contributed by atoms with Gasteiger partial charge in [0.15, 0.2) is 5.69 Å². The summed E-state index contributed by atoms with van der Waals surface area (Å²) in [6, 6.07) is 8.40. The summed E-state index contributed by atoms with van der Waals surface area (Å²) in [5, 5.41) is 9.12. The number of carbonyl (C=O) groups is 2. The monoisotopic (exact) mass is 341 g/mol. The van der Waals surface area contributed by atoms with Gasteiger partial charge in [-0.15, -0.1) is 0 Å². The number of hydrogen-bond acceptors (Lipinski definition) is 6. The lowest BCUT2D eigenvalue weighted by Crippen LogP contribution is -2.11. The van der Waals surface area contributed by atoms with E-state index in [1.54, 1.807) is 24.3 Å². The van der Waals surface area contributed by atoms with Crippen LogP contribution >= 0.6 is 0 Å². The molecule has 2 rings (SSSR count). The van der Waals surface area contributed by atoms with E-state index in [1.165, 1.54) is 17.9 Å². The van der Waals surface area contributed by atoms with Gasteiger partial charge in [-0.3, -0.25) is 0 Å². The Morgan fingerprint density at radius 1 is 1.24 bits per heavy atom. The van der Waals surface area contributed by atoms with Crippen LogP contribution in [-0.2, 0) is 9.47 Å². The minimum atomic E-state index is -0.651. The lowest BCUT2D eigenvalue weighted by molar-refractivity contribution is 0.0498. The molecule has 2 N–H and O–H groups in total. The minimum Gasteiger partial charge on any atom is -0.464 e. The standard InChI is InChI=1S/C18H19N3O4/c1-3-4-9-25-17(22)12-5-7-14(8-6-12)21-11-13(10-19)15(20)16(21)18(23)24-2/h5-8,11H,3-4,9,20H2,1-2H3. The molecule has 0 bridgehead atoms. The van der Waals surface area contributed by atoms with Crippen molar-refractivity contribution in [2.24, 2.45) is 0 Å². The van der Waals surface area contributed by atoms with Crippen molar-refractivity contribution < 1.29 is 19.1 Å². The van der Waals surface area contributed by atoms with Crippen molar-refractivity contribution in [3.8, 4) is 11.8 Å². The van der Waals surface area contributed by atoms with Crippen LogP contribution in [0.15, 0.2) is 30.5 Å². The molecule has 0 saturated heterocycles. The maximum atomic E-state index is 12.0. The van der Waals surface area contributed by atoms with Crippen molar-refractivity contribution in [1.82, 2.24) is 4.57 Å². The first-order valence-electron chi connectivity index (χ1n) is 7.80. The summed E-state index contributed by atoms with van der Waals surface area (Å²) in [6.45, 7) is 2.39. The summed E-state index contributed by atoms with van der Waals surface area (Å²) in [5.41, 5.74) is 7.12. The van der Waals surface area contributed by atoms with Crippen LogP contribution in [0.2, 0.25) is 0 Å². The average molecular weight is 341 g/mol. The topological polar surface area (TPSA) is 107 Å². The molecule has 0 saturated carbocycles. The van der Waals surface area contributed by atoms with E-state index in [9.17, 15) is 9.59 Å². The van der Waals surface area contributed by atoms with Gasteiger partial charge in [0, 0.05) is 11.9 Å². The van der Waals surface area contributed by atoms with Crippen LogP contribution in [0.5, 0.6) is 0 Å². The Bertz CT molecular complexity index is 816. The summed E-state index contributed by atoms with van der Waals surface area (Å²) in [4.78, 5) is 23.9. The lowest BCUT2D eigenvalue weighted by atomic mass is 10.2. The molecule has 25 heavy (non-hydrogen) atoms. The molecule has 1 heterocycles. The molecule has 1 aromatic heterocycles. The summed E-state index contributed by atoms with van der Waals surface area (Å²) in [6.07, 6.45) is 3.21.